The van der Waals surface area contributed by atoms with E-state index in [0.29, 0.717) is 12.3 Å². The van der Waals surface area contributed by atoms with E-state index in [2.05, 4.69) is 37.0 Å². The summed E-state index contributed by atoms with van der Waals surface area (Å²) in [7, 11) is 1.65. The number of thioether (sulfide) groups is 1. The first kappa shape index (κ1) is 21.9. The summed E-state index contributed by atoms with van der Waals surface area (Å²) >= 11 is 1.58. The highest BCUT2D eigenvalue weighted by atomic mass is 32.2. The van der Waals surface area contributed by atoms with Gasteiger partial charge in [-0.3, -0.25) is 4.57 Å². The molecule has 178 valence electrons. The molecule has 0 radical (unpaired) electrons. The van der Waals surface area contributed by atoms with Crippen molar-refractivity contribution in [1.82, 2.24) is 24.9 Å². The predicted octanol–water partition coefficient (Wildman–Crippen LogP) is 5.56. The molecule has 1 aliphatic heterocycles. The minimum Gasteiger partial charge on any atom is -0.496 e. The van der Waals surface area contributed by atoms with Gasteiger partial charge in [-0.25, -0.2) is 0 Å². The smallest absolute Gasteiger partial charge is 0.192 e. The summed E-state index contributed by atoms with van der Waals surface area (Å²) in [5.41, 5.74) is 3.77. The van der Waals surface area contributed by atoms with Crippen molar-refractivity contribution in [2.45, 2.75) is 36.4 Å². The molecular formula is C26H25N5O3S. The average Bonchev–Trinajstić information content (AvgIpc) is 3.70. The van der Waals surface area contributed by atoms with Crippen LogP contribution in [0.1, 0.15) is 18.6 Å². The molecule has 6 rings (SSSR count). The van der Waals surface area contributed by atoms with Crippen LogP contribution in [0.3, 0.4) is 0 Å². The summed E-state index contributed by atoms with van der Waals surface area (Å²) in [4.78, 5) is 3.35. The number of aromatic nitrogens is 5. The number of fused-ring (bicyclic) bond motifs is 1. The lowest BCUT2D eigenvalue weighted by Crippen LogP contribution is -2.16. The monoisotopic (exact) mass is 487 g/mol. The van der Waals surface area contributed by atoms with Crippen LogP contribution in [0.15, 0.2) is 70.5 Å². The van der Waals surface area contributed by atoms with Crippen molar-refractivity contribution in [3.05, 3.63) is 66.6 Å². The van der Waals surface area contributed by atoms with Gasteiger partial charge in [0, 0.05) is 40.9 Å². The molecule has 0 aliphatic carbocycles. The van der Waals surface area contributed by atoms with Crippen molar-refractivity contribution in [1.29, 1.82) is 0 Å². The van der Waals surface area contributed by atoms with Crippen LogP contribution >= 0.6 is 11.8 Å². The van der Waals surface area contributed by atoms with Gasteiger partial charge in [-0.2, -0.15) is 0 Å². The lowest BCUT2D eigenvalue weighted by molar-refractivity contribution is 0.0953. The first-order valence-electron chi connectivity index (χ1n) is 11.6. The predicted molar refractivity (Wildman–Crippen MR) is 134 cm³/mol. The van der Waals surface area contributed by atoms with Gasteiger partial charge < -0.3 is 19.0 Å². The fraction of sp³-hybridized carbons (Fsp3) is 0.269. The lowest BCUT2D eigenvalue weighted by Gasteiger charge is -2.14. The average molecular weight is 488 g/mol. The van der Waals surface area contributed by atoms with Gasteiger partial charge in [0.15, 0.2) is 11.0 Å². The van der Waals surface area contributed by atoms with E-state index in [9.17, 15) is 0 Å². The van der Waals surface area contributed by atoms with E-state index in [4.69, 9.17) is 14.0 Å². The number of H-pyrrole nitrogens is 1. The maximum atomic E-state index is 5.94. The van der Waals surface area contributed by atoms with Gasteiger partial charge in [-0.15, -0.1) is 10.2 Å². The molecule has 1 atom stereocenters. The van der Waals surface area contributed by atoms with Gasteiger partial charge in [-0.1, -0.05) is 47.3 Å². The van der Waals surface area contributed by atoms with Crippen molar-refractivity contribution < 1.29 is 14.0 Å². The maximum Gasteiger partial charge on any atom is 0.192 e. The SMILES string of the molecule is COc1ccccc1-c1cc(CSc2nnc(-c3c[nH]c4ccccc34)n2CC2CCCO2)on1. The Morgan fingerprint density at radius 3 is 2.89 bits per heavy atom. The van der Waals surface area contributed by atoms with Crippen LogP contribution in [0.2, 0.25) is 0 Å². The third-order valence-electron chi connectivity index (χ3n) is 6.24. The Morgan fingerprint density at radius 1 is 1.11 bits per heavy atom. The number of hydrogen-bond donors (Lipinski definition) is 1. The van der Waals surface area contributed by atoms with Crippen LogP contribution < -0.4 is 4.74 Å². The van der Waals surface area contributed by atoms with Crippen LogP contribution in [-0.2, 0) is 17.0 Å². The summed E-state index contributed by atoms with van der Waals surface area (Å²) in [5, 5.41) is 15.4. The number of aromatic amines is 1. The number of methoxy groups -OCH3 is 1. The summed E-state index contributed by atoms with van der Waals surface area (Å²) in [6.45, 7) is 1.52. The highest BCUT2D eigenvalue weighted by Crippen LogP contribution is 2.34. The van der Waals surface area contributed by atoms with Gasteiger partial charge in [0.05, 0.1) is 25.5 Å². The number of nitrogens with zero attached hydrogens (tertiary/aromatic N) is 4. The normalized spacial score (nSPS) is 15.7. The topological polar surface area (TPSA) is 91.0 Å². The van der Waals surface area contributed by atoms with Crippen LogP contribution in [0.4, 0.5) is 0 Å². The van der Waals surface area contributed by atoms with E-state index in [-0.39, 0.29) is 6.10 Å². The molecule has 9 heteroatoms. The molecule has 5 aromatic rings. The Morgan fingerprint density at radius 2 is 2.00 bits per heavy atom. The summed E-state index contributed by atoms with van der Waals surface area (Å²) in [5.74, 6) is 2.95. The highest BCUT2D eigenvalue weighted by Gasteiger charge is 2.23. The maximum absolute atomic E-state index is 5.94. The molecule has 0 bridgehead atoms. The largest absolute Gasteiger partial charge is 0.496 e. The number of para-hydroxylation sites is 2. The molecule has 0 spiro atoms. The van der Waals surface area contributed by atoms with Crippen LogP contribution in [-0.4, -0.2) is 44.7 Å². The van der Waals surface area contributed by atoms with E-state index >= 15 is 0 Å². The van der Waals surface area contributed by atoms with Gasteiger partial charge >= 0.3 is 0 Å². The molecule has 3 aromatic heterocycles. The highest BCUT2D eigenvalue weighted by molar-refractivity contribution is 7.98. The molecule has 1 aliphatic rings. The standard InChI is InChI=1S/C26H25N5O3S/c1-32-24-11-5-3-9-20(24)23-13-18(34-30-23)16-35-26-29-28-25(31(26)15-17-7-6-12-33-17)21-14-27-22-10-4-2-8-19(21)22/h2-5,8-11,13-14,17,27H,6-7,12,15-16H2,1H3. The zero-order valence-corrected chi connectivity index (χ0v) is 20.1. The van der Waals surface area contributed by atoms with Crippen molar-refractivity contribution in [2.75, 3.05) is 13.7 Å². The minimum absolute atomic E-state index is 0.164. The second kappa shape index (κ2) is 9.59. The zero-order valence-electron chi connectivity index (χ0n) is 19.3. The number of ether oxygens (including phenoxy) is 2. The first-order valence-corrected chi connectivity index (χ1v) is 12.6. The Balaban J connectivity index is 1.28. The van der Waals surface area contributed by atoms with E-state index in [1.165, 1.54) is 0 Å². The Kier molecular flexibility index (Phi) is 6.01. The van der Waals surface area contributed by atoms with Crippen molar-refractivity contribution in [2.24, 2.45) is 0 Å². The summed E-state index contributed by atoms with van der Waals surface area (Å²) < 4.78 is 19.2. The summed E-state index contributed by atoms with van der Waals surface area (Å²) in [6, 6.07) is 18.0. The molecule has 2 aromatic carbocycles. The number of rotatable bonds is 8. The van der Waals surface area contributed by atoms with Gasteiger partial charge in [-0.05, 0) is 31.0 Å². The molecule has 1 unspecified atom stereocenters. The zero-order chi connectivity index (χ0) is 23.6. The Bertz CT molecular complexity index is 1450. The van der Waals surface area contributed by atoms with Gasteiger partial charge in [0.1, 0.15) is 17.2 Å². The summed E-state index contributed by atoms with van der Waals surface area (Å²) in [6.07, 6.45) is 4.30. The fourth-order valence-corrected chi connectivity index (χ4v) is 5.33. The molecule has 1 saturated heterocycles. The van der Waals surface area contributed by atoms with E-state index < -0.39 is 0 Å². The van der Waals surface area contributed by atoms with Crippen LogP contribution in [0, 0.1) is 0 Å². The molecule has 1 fully saturated rings. The van der Waals surface area contributed by atoms with Crippen LogP contribution in [0.5, 0.6) is 5.75 Å². The quantitative estimate of drug-likeness (QED) is 0.287. The minimum atomic E-state index is 0.164. The third-order valence-corrected chi connectivity index (χ3v) is 7.23. The van der Waals surface area contributed by atoms with Crippen LogP contribution in [0.25, 0.3) is 33.5 Å². The molecule has 1 N–H and O–H groups in total. The second-order valence-corrected chi connectivity index (χ2v) is 9.41. The molecule has 4 heterocycles. The van der Waals surface area contributed by atoms with E-state index in [1.807, 2.05) is 48.7 Å². The van der Waals surface area contributed by atoms with Crippen molar-refractivity contribution in [3.8, 4) is 28.4 Å². The van der Waals surface area contributed by atoms with E-state index in [0.717, 1.165) is 69.7 Å². The third kappa shape index (κ3) is 4.33. The Hall–Kier alpha value is -3.56. The second-order valence-electron chi connectivity index (χ2n) is 8.47. The number of nitrogens with one attached hydrogen (secondary N) is 1. The van der Waals surface area contributed by atoms with Gasteiger partial charge in [0.2, 0.25) is 0 Å². The molecule has 8 nitrogen and oxygen atoms in total. The van der Waals surface area contributed by atoms with Gasteiger partial charge in [0.25, 0.3) is 0 Å². The molecule has 0 saturated carbocycles. The van der Waals surface area contributed by atoms with E-state index in [1.54, 1.807) is 18.9 Å². The first-order chi connectivity index (χ1) is 17.3. The molecule has 0 amide bonds. The van der Waals surface area contributed by atoms with Crippen molar-refractivity contribution in [3.63, 3.8) is 0 Å². The molecule has 35 heavy (non-hydrogen) atoms. The molecular weight excluding hydrogens is 462 g/mol. The number of hydrogen-bond acceptors (Lipinski definition) is 7. The van der Waals surface area contributed by atoms with Crippen molar-refractivity contribution >= 4 is 22.7 Å². The fourth-order valence-electron chi connectivity index (χ4n) is 4.51. The lowest BCUT2D eigenvalue weighted by atomic mass is 10.1. The number of benzene rings is 2. The Labute approximate surface area is 206 Å².